The van der Waals surface area contributed by atoms with Crippen LogP contribution in [0.5, 0.6) is 0 Å². The Hall–Kier alpha value is -3.08. The van der Waals surface area contributed by atoms with Crippen LogP contribution >= 0.6 is 0 Å². The summed E-state index contributed by atoms with van der Waals surface area (Å²) in [5.74, 6) is -5.47. The minimum atomic E-state index is -2.52. The molecule has 1 aromatic carbocycles. The Morgan fingerprint density at radius 2 is 2.06 bits per heavy atom. The molecule has 2 aliphatic heterocycles. The van der Waals surface area contributed by atoms with E-state index in [1.54, 1.807) is 0 Å². The number of benzene rings is 1. The summed E-state index contributed by atoms with van der Waals surface area (Å²) in [6.45, 7) is -1.69. The third kappa shape index (κ3) is 3.52. The van der Waals surface area contributed by atoms with Crippen molar-refractivity contribution in [1.29, 1.82) is 0 Å². The average molecular weight is 440 g/mol. The molecule has 3 heterocycles. The summed E-state index contributed by atoms with van der Waals surface area (Å²) in [6.07, 6.45) is 0.411. The summed E-state index contributed by atoms with van der Waals surface area (Å²) in [7, 11) is 0. The summed E-state index contributed by atoms with van der Waals surface area (Å²) in [5, 5.41) is 2.36. The molecule has 4 rings (SSSR count). The average Bonchev–Trinajstić information content (AvgIpc) is 3.14. The van der Waals surface area contributed by atoms with Gasteiger partial charge in [0.25, 0.3) is 5.91 Å². The largest absolute Gasteiger partial charge is 0.385 e. The standard InChI is InChI=1S/C20H17F5N4O2/c21-8-19(25)5-10-7-31-9-20(10,29-18(19)26)13-3-12(4-14(23)16(13)24)28-17(30)15-2-1-11(22)6-27-15/h1-4,6,10H,5,7-9H2,(H2,26,29)(H,28,30)/t10-,19+,20+/m1/s1. The minimum absolute atomic E-state index is 0.0560. The van der Waals surface area contributed by atoms with E-state index < -0.39 is 59.4 Å². The molecule has 3 atom stereocenters. The highest BCUT2D eigenvalue weighted by molar-refractivity contribution is 6.02. The van der Waals surface area contributed by atoms with Crippen molar-refractivity contribution in [3.05, 3.63) is 59.2 Å². The molecule has 3 N–H and O–H groups in total. The third-order valence-corrected chi connectivity index (χ3v) is 5.59. The number of amidine groups is 1. The highest BCUT2D eigenvalue weighted by atomic mass is 19.2. The van der Waals surface area contributed by atoms with Gasteiger partial charge in [-0.2, -0.15) is 0 Å². The number of pyridine rings is 1. The zero-order valence-corrected chi connectivity index (χ0v) is 16.0. The van der Waals surface area contributed by atoms with Gasteiger partial charge < -0.3 is 15.8 Å². The van der Waals surface area contributed by atoms with E-state index in [4.69, 9.17) is 10.5 Å². The van der Waals surface area contributed by atoms with Crippen molar-refractivity contribution in [2.45, 2.75) is 17.6 Å². The maximum absolute atomic E-state index is 14.8. The van der Waals surface area contributed by atoms with Crippen molar-refractivity contribution in [2.24, 2.45) is 16.6 Å². The minimum Gasteiger partial charge on any atom is -0.385 e. The van der Waals surface area contributed by atoms with Gasteiger partial charge in [0.05, 0.1) is 19.4 Å². The van der Waals surface area contributed by atoms with Crippen molar-refractivity contribution in [1.82, 2.24) is 4.98 Å². The second kappa shape index (κ2) is 7.56. The lowest BCUT2D eigenvalue weighted by Crippen LogP contribution is -2.53. The SMILES string of the molecule is NC1=N[C@@]2(c3cc(NC(=O)c4ccc(F)cn4)cc(F)c3F)COC[C@H]2C[C@]1(F)CF. The fourth-order valence-corrected chi connectivity index (χ4v) is 3.94. The number of nitrogens with two attached hydrogens (primary N) is 1. The Morgan fingerprint density at radius 1 is 1.29 bits per heavy atom. The van der Waals surface area contributed by atoms with E-state index in [0.717, 1.165) is 30.5 Å². The van der Waals surface area contributed by atoms with E-state index in [2.05, 4.69) is 15.3 Å². The Labute approximate surface area is 173 Å². The number of nitrogens with one attached hydrogen (secondary N) is 1. The van der Waals surface area contributed by atoms with Crippen molar-refractivity contribution in [3.63, 3.8) is 0 Å². The van der Waals surface area contributed by atoms with Crippen molar-refractivity contribution >= 4 is 17.4 Å². The molecule has 2 aromatic rings. The number of carbonyl (C=O) groups excluding carboxylic acids is 1. The molecule has 0 unspecified atom stereocenters. The van der Waals surface area contributed by atoms with Crippen LogP contribution in [0.25, 0.3) is 0 Å². The molecule has 0 spiro atoms. The number of alkyl halides is 2. The molecule has 11 heteroatoms. The maximum atomic E-state index is 14.8. The first-order valence-corrected chi connectivity index (χ1v) is 9.29. The molecule has 1 aromatic heterocycles. The molecule has 164 valence electrons. The normalized spacial score (nSPS) is 27.5. The molecule has 1 saturated heterocycles. The zero-order chi connectivity index (χ0) is 22.4. The second-order valence-electron chi connectivity index (χ2n) is 7.57. The molecule has 0 aliphatic carbocycles. The monoisotopic (exact) mass is 440 g/mol. The van der Waals surface area contributed by atoms with Crippen LogP contribution in [0.2, 0.25) is 0 Å². The molecule has 2 aliphatic rings. The molecule has 1 fully saturated rings. The maximum Gasteiger partial charge on any atom is 0.274 e. The van der Waals surface area contributed by atoms with Crippen molar-refractivity contribution in [2.75, 3.05) is 25.2 Å². The second-order valence-corrected chi connectivity index (χ2v) is 7.57. The fraction of sp³-hybridized carbons (Fsp3) is 0.350. The topological polar surface area (TPSA) is 89.6 Å². The van der Waals surface area contributed by atoms with E-state index in [0.29, 0.717) is 0 Å². The van der Waals surface area contributed by atoms with Gasteiger partial charge in [-0.05, 0) is 24.6 Å². The first-order valence-electron chi connectivity index (χ1n) is 9.29. The van der Waals surface area contributed by atoms with Crippen LogP contribution in [0.1, 0.15) is 22.5 Å². The van der Waals surface area contributed by atoms with E-state index in [-0.39, 0.29) is 30.2 Å². The molecule has 31 heavy (non-hydrogen) atoms. The first-order chi connectivity index (χ1) is 14.7. The number of aliphatic imine (C=N–C) groups is 1. The Morgan fingerprint density at radius 3 is 2.74 bits per heavy atom. The lowest BCUT2D eigenvalue weighted by molar-refractivity contribution is 0.102. The number of aromatic nitrogens is 1. The van der Waals surface area contributed by atoms with Crippen LogP contribution in [0.3, 0.4) is 0 Å². The number of ether oxygens (including phenoxy) is 1. The summed E-state index contributed by atoms with van der Waals surface area (Å²) in [5.41, 5.74) is 0.964. The van der Waals surface area contributed by atoms with Gasteiger partial charge in [0.1, 0.15) is 29.6 Å². The lowest BCUT2D eigenvalue weighted by atomic mass is 9.73. The van der Waals surface area contributed by atoms with Crippen molar-refractivity contribution in [3.8, 4) is 0 Å². The predicted octanol–water partition coefficient (Wildman–Crippen LogP) is 3.03. The number of hydrogen-bond acceptors (Lipinski definition) is 5. The number of anilines is 1. The van der Waals surface area contributed by atoms with E-state index in [9.17, 15) is 26.7 Å². The summed E-state index contributed by atoms with van der Waals surface area (Å²) in [6, 6.07) is 4.03. The van der Waals surface area contributed by atoms with Crippen molar-refractivity contribution < 1.29 is 31.5 Å². The predicted molar refractivity (Wildman–Crippen MR) is 101 cm³/mol. The molecule has 6 nitrogen and oxygen atoms in total. The summed E-state index contributed by atoms with van der Waals surface area (Å²) < 4.78 is 75.6. The summed E-state index contributed by atoms with van der Waals surface area (Å²) >= 11 is 0. The van der Waals surface area contributed by atoms with Crippen LogP contribution in [-0.2, 0) is 10.3 Å². The number of rotatable bonds is 4. The number of nitrogens with zero attached hydrogens (tertiary/aromatic N) is 2. The number of carbonyl (C=O) groups is 1. The lowest BCUT2D eigenvalue weighted by Gasteiger charge is -2.40. The highest BCUT2D eigenvalue weighted by Gasteiger charge is 2.56. The number of amides is 1. The zero-order valence-electron chi connectivity index (χ0n) is 16.0. The van der Waals surface area contributed by atoms with Gasteiger partial charge >= 0.3 is 0 Å². The molecule has 0 radical (unpaired) electrons. The van der Waals surface area contributed by atoms with Gasteiger partial charge in [0.15, 0.2) is 17.3 Å². The van der Waals surface area contributed by atoms with Crippen LogP contribution in [0, 0.1) is 23.4 Å². The number of fused-ring (bicyclic) bond motifs is 1. The Kier molecular flexibility index (Phi) is 5.16. The van der Waals surface area contributed by atoms with E-state index >= 15 is 0 Å². The number of halogens is 5. The Bertz CT molecular complexity index is 1060. The van der Waals surface area contributed by atoms with Gasteiger partial charge in [-0.3, -0.25) is 9.79 Å². The molecular formula is C20H17F5N4O2. The first kappa shape index (κ1) is 21.2. The molecule has 0 bridgehead atoms. The number of hydrogen-bond donors (Lipinski definition) is 2. The molecule has 1 amide bonds. The van der Waals surface area contributed by atoms with Crippen LogP contribution in [0.15, 0.2) is 35.5 Å². The van der Waals surface area contributed by atoms with E-state index in [1.807, 2.05) is 0 Å². The van der Waals surface area contributed by atoms with Gasteiger partial charge in [0, 0.05) is 23.2 Å². The fourth-order valence-electron chi connectivity index (χ4n) is 3.94. The molecule has 0 saturated carbocycles. The van der Waals surface area contributed by atoms with E-state index in [1.165, 1.54) is 0 Å². The van der Waals surface area contributed by atoms with Gasteiger partial charge in [-0.15, -0.1) is 0 Å². The third-order valence-electron chi connectivity index (χ3n) is 5.59. The Balaban J connectivity index is 1.74. The van der Waals surface area contributed by atoms with Gasteiger partial charge in [-0.1, -0.05) is 0 Å². The van der Waals surface area contributed by atoms with Crippen LogP contribution < -0.4 is 11.1 Å². The molecular weight excluding hydrogens is 423 g/mol. The summed E-state index contributed by atoms with van der Waals surface area (Å²) in [4.78, 5) is 20.0. The highest BCUT2D eigenvalue weighted by Crippen LogP contribution is 2.49. The smallest absolute Gasteiger partial charge is 0.274 e. The van der Waals surface area contributed by atoms with Crippen LogP contribution in [0.4, 0.5) is 27.6 Å². The quantitative estimate of drug-likeness (QED) is 0.716. The van der Waals surface area contributed by atoms with Gasteiger partial charge in [0.2, 0.25) is 0 Å². The van der Waals surface area contributed by atoms with Crippen LogP contribution in [-0.4, -0.2) is 42.3 Å². The van der Waals surface area contributed by atoms with Gasteiger partial charge in [-0.25, -0.2) is 26.9 Å².